The second kappa shape index (κ2) is 10.7. The first-order chi connectivity index (χ1) is 7.74. The van der Waals surface area contributed by atoms with Gasteiger partial charge < -0.3 is 5.32 Å². The minimum Gasteiger partial charge on any atom is -0.343 e. The molecule has 3 heteroatoms. The van der Waals surface area contributed by atoms with Gasteiger partial charge in [-0.15, -0.1) is 0 Å². The molecule has 0 atom stereocenters. The molecule has 1 amide bonds. The Hall–Kier alpha value is -0.830. The minimum absolute atomic E-state index is 0.164. The molecule has 3 nitrogen and oxygen atoms in total. The number of allylic oxidation sites excluding steroid dienone is 2. The topological polar surface area (TPSA) is 32.3 Å². The summed E-state index contributed by atoms with van der Waals surface area (Å²) in [6.45, 7) is 8.96. The second-order valence-electron chi connectivity index (χ2n) is 3.83. The summed E-state index contributed by atoms with van der Waals surface area (Å²) in [7, 11) is 0. The first kappa shape index (κ1) is 15.2. The Morgan fingerprint density at radius 3 is 2.44 bits per heavy atom. The monoisotopic (exact) mass is 226 g/mol. The number of unbranched alkanes of at least 4 members (excludes halogenated alkanes) is 1. The van der Waals surface area contributed by atoms with E-state index >= 15 is 0 Å². The lowest BCUT2D eigenvalue weighted by Crippen LogP contribution is -2.37. The summed E-state index contributed by atoms with van der Waals surface area (Å²) >= 11 is 0. The van der Waals surface area contributed by atoms with E-state index in [4.69, 9.17) is 0 Å². The zero-order chi connectivity index (χ0) is 12.2. The molecule has 0 spiro atoms. The van der Waals surface area contributed by atoms with Crippen LogP contribution in [-0.2, 0) is 4.79 Å². The van der Waals surface area contributed by atoms with E-state index < -0.39 is 0 Å². The summed E-state index contributed by atoms with van der Waals surface area (Å²) in [6.07, 6.45) is 7.96. The predicted octanol–water partition coefficient (Wildman–Crippen LogP) is 2.54. The standard InChI is InChI=1S/C13H26N2O/c1-4-7-8-9-10-11-13(16)14-12-15(5-2)6-3/h7-8H,4-6,9-12H2,1-3H3,(H,14,16)/b8-7+. The maximum atomic E-state index is 11.5. The molecule has 1 N–H and O–H groups in total. The van der Waals surface area contributed by atoms with Crippen LogP contribution in [0.3, 0.4) is 0 Å². The fourth-order valence-corrected chi connectivity index (χ4v) is 1.40. The van der Waals surface area contributed by atoms with Gasteiger partial charge in [-0.2, -0.15) is 0 Å². The van der Waals surface area contributed by atoms with Crippen LogP contribution < -0.4 is 5.32 Å². The molecule has 0 aliphatic rings. The summed E-state index contributed by atoms with van der Waals surface area (Å²) in [5.74, 6) is 0.164. The van der Waals surface area contributed by atoms with E-state index in [1.54, 1.807) is 0 Å². The van der Waals surface area contributed by atoms with Crippen LogP contribution in [0.2, 0.25) is 0 Å². The summed E-state index contributed by atoms with van der Waals surface area (Å²) in [6, 6.07) is 0. The van der Waals surface area contributed by atoms with Crippen molar-refractivity contribution >= 4 is 5.91 Å². The van der Waals surface area contributed by atoms with Gasteiger partial charge in [0.25, 0.3) is 0 Å². The first-order valence-corrected chi connectivity index (χ1v) is 6.38. The van der Waals surface area contributed by atoms with Crippen molar-refractivity contribution in [2.75, 3.05) is 19.8 Å². The molecule has 0 rings (SSSR count). The van der Waals surface area contributed by atoms with E-state index in [0.29, 0.717) is 13.1 Å². The van der Waals surface area contributed by atoms with E-state index in [1.807, 2.05) is 0 Å². The molecule has 0 heterocycles. The van der Waals surface area contributed by atoms with E-state index in [1.165, 1.54) is 0 Å². The van der Waals surface area contributed by atoms with Crippen molar-refractivity contribution in [1.29, 1.82) is 0 Å². The van der Waals surface area contributed by atoms with Crippen molar-refractivity contribution in [1.82, 2.24) is 10.2 Å². The molecule has 0 radical (unpaired) electrons. The number of carbonyl (C=O) groups excluding carboxylic acids is 1. The number of hydrogen-bond acceptors (Lipinski definition) is 2. The maximum Gasteiger partial charge on any atom is 0.221 e. The number of amides is 1. The molecule has 0 aromatic heterocycles. The molecule has 0 aromatic rings. The van der Waals surface area contributed by atoms with E-state index in [-0.39, 0.29) is 5.91 Å². The normalized spacial score (nSPS) is 11.2. The smallest absolute Gasteiger partial charge is 0.221 e. The van der Waals surface area contributed by atoms with Gasteiger partial charge in [-0.05, 0) is 32.4 Å². The van der Waals surface area contributed by atoms with Crippen molar-refractivity contribution < 1.29 is 4.79 Å². The van der Waals surface area contributed by atoms with Gasteiger partial charge in [0, 0.05) is 6.42 Å². The fourth-order valence-electron chi connectivity index (χ4n) is 1.40. The fraction of sp³-hybridized carbons (Fsp3) is 0.769. The Labute approximate surface area is 99.9 Å². The van der Waals surface area contributed by atoms with Crippen molar-refractivity contribution in [3.8, 4) is 0 Å². The summed E-state index contributed by atoms with van der Waals surface area (Å²) in [5.41, 5.74) is 0. The zero-order valence-corrected chi connectivity index (χ0v) is 11.0. The van der Waals surface area contributed by atoms with Crippen LogP contribution in [0.25, 0.3) is 0 Å². The van der Waals surface area contributed by atoms with Crippen LogP contribution in [0.4, 0.5) is 0 Å². The lowest BCUT2D eigenvalue weighted by atomic mass is 10.2. The Kier molecular flexibility index (Phi) is 10.1. The van der Waals surface area contributed by atoms with Gasteiger partial charge in [-0.1, -0.05) is 32.9 Å². The Morgan fingerprint density at radius 1 is 1.19 bits per heavy atom. The highest BCUT2D eigenvalue weighted by Crippen LogP contribution is 1.97. The van der Waals surface area contributed by atoms with Gasteiger partial charge in [0.1, 0.15) is 0 Å². The molecule has 16 heavy (non-hydrogen) atoms. The van der Waals surface area contributed by atoms with E-state index in [0.717, 1.165) is 32.4 Å². The number of nitrogens with zero attached hydrogens (tertiary/aromatic N) is 1. The zero-order valence-electron chi connectivity index (χ0n) is 11.0. The van der Waals surface area contributed by atoms with Crippen LogP contribution in [-0.4, -0.2) is 30.6 Å². The Balaban J connectivity index is 3.47. The molecule has 0 fully saturated rings. The average molecular weight is 226 g/mol. The maximum absolute atomic E-state index is 11.5. The Morgan fingerprint density at radius 2 is 1.88 bits per heavy atom. The molecular formula is C13H26N2O. The third-order valence-electron chi connectivity index (χ3n) is 2.57. The lowest BCUT2D eigenvalue weighted by molar-refractivity contribution is -0.121. The van der Waals surface area contributed by atoms with Gasteiger partial charge in [0.05, 0.1) is 6.67 Å². The van der Waals surface area contributed by atoms with Crippen LogP contribution in [0.1, 0.15) is 46.5 Å². The van der Waals surface area contributed by atoms with Gasteiger partial charge in [0.2, 0.25) is 5.91 Å². The molecule has 0 bridgehead atoms. The number of nitrogens with one attached hydrogen (secondary N) is 1. The third kappa shape index (κ3) is 8.48. The molecule has 0 saturated carbocycles. The molecule has 94 valence electrons. The number of hydrogen-bond donors (Lipinski definition) is 1. The highest BCUT2D eigenvalue weighted by Gasteiger charge is 2.02. The number of carbonyl (C=O) groups is 1. The second-order valence-corrected chi connectivity index (χ2v) is 3.83. The minimum atomic E-state index is 0.164. The van der Waals surface area contributed by atoms with Crippen LogP contribution in [0.5, 0.6) is 0 Å². The van der Waals surface area contributed by atoms with Crippen LogP contribution >= 0.6 is 0 Å². The van der Waals surface area contributed by atoms with Crippen molar-refractivity contribution in [2.45, 2.75) is 46.5 Å². The van der Waals surface area contributed by atoms with Crippen LogP contribution in [0, 0.1) is 0 Å². The highest BCUT2D eigenvalue weighted by molar-refractivity contribution is 5.75. The molecule has 0 saturated heterocycles. The van der Waals surface area contributed by atoms with Crippen LogP contribution in [0.15, 0.2) is 12.2 Å². The molecule has 0 unspecified atom stereocenters. The molecule has 0 aliphatic heterocycles. The van der Waals surface area contributed by atoms with Crippen molar-refractivity contribution in [3.05, 3.63) is 12.2 Å². The van der Waals surface area contributed by atoms with E-state index in [2.05, 4.69) is 43.1 Å². The number of rotatable bonds is 9. The van der Waals surface area contributed by atoms with Crippen molar-refractivity contribution in [2.24, 2.45) is 0 Å². The molecule has 0 aliphatic carbocycles. The third-order valence-corrected chi connectivity index (χ3v) is 2.57. The predicted molar refractivity (Wildman–Crippen MR) is 69.2 cm³/mol. The summed E-state index contributed by atoms with van der Waals surface area (Å²) in [5, 5.41) is 2.94. The Bertz CT molecular complexity index is 198. The largest absolute Gasteiger partial charge is 0.343 e. The van der Waals surface area contributed by atoms with Gasteiger partial charge in [0.15, 0.2) is 0 Å². The SMILES string of the molecule is CC/C=C/CCCC(=O)NCN(CC)CC. The highest BCUT2D eigenvalue weighted by atomic mass is 16.1. The van der Waals surface area contributed by atoms with E-state index in [9.17, 15) is 4.79 Å². The lowest BCUT2D eigenvalue weighted by Gasteiger charge is -2.18. The summed E-state index contributed by atoms with van der Waals surface area (Å²) in [4.78, 5) is 13.6. The average Bonchev–Trinajstić information content (AvgIpc) is 2.30. The van der Waals surface area contributed by atoms with Gasteiger partial charge in [-0.25, -0.2) is 0 Å². The quantitative estimate of drug-likeness (QED) is 0.372. The van der Waals surface area contributed by atoms with Crippen molar-refractivity contribution in [3.63, 3.8) is 0 Å². The first-order valence-electron chi connectivity index (χ1n) is 6.38. The molecule has 0 aromatic carbocycles. The van der Waals surface area contributed by atoms with Gasteiger partial charge in [-0.3, -0.25) is 9.69 Å². The summed E-state index contributed by atoms with van der Waals surface area (Å²) < 4.78 is 0. The van der Waals surface area contributed by atoms with Gasteiger partial charge >= 0.3 is 0 Å². The molecular weight excluding hydrogens is 200 g/mol.